The van der Waals surface area contributed by atoms with Gasteiger partial charge in [0.25, 0.3) is 5.91 Å². The molecule has 0 heterocycles. The van der Waals surface area contributed by atoms with Gasteiger partial charge in [0.05, 0.1) is 6.61 Å². The lowest BCUT2D eigenvalue weighted by Crippen LogP contribution is -2.20. The lowest BCUT2D eigenvalue weighted by molar-refractivity contribution is -0.118. The molecule has 0 unspecified atom stereocenters. The molecule has 0 saturated heterocycles. The van der Waals surface area contributed by atoms with Crippen LogP contribution >= 0.6 is 0 Å². The first-order valence-electron chi connectivity index (χ1n) is 9.10. The summed E-state index contributed by atoms with van der Waals surface area (Å²) in [5.41, 5.74) is 0.701. The molecule has 0 atom stereocenters. The topological polar surface area (TPSA) is 60.0 Å². The maximum Gasteiger partial charge on any atom is 0.262 e. The number of anilines is 1. The molecule has 6 nitrogen and oxygen atoms in total. The van der Waals surface area contributed by atoms with E-state index in [1.807, 2.05) is 50.5 Å². The van der Waals surface area contributed by atoms with Gasteiger partial charge >= 0.3 is 0 Å². The average Bonchev–Trinajstić information content (AvgIpc) is 2.66. The first-order valence-corrected chi connectivity index (χ1v) is 9.10. The zero-order valence-electron chi connectivity index (χ0n) is 16.2. The third-order valence-electron chi connectivity index (χ3n) is 3.61. The first kappa shape index (κ1) is 20.6. The number of carbonyl (C=O) groups is 1. The highest BCUT2D eigenvalue weighted by Gasteiger charge is 2.05. The van der Waals surface area contributed by atoms with E-state index >= 15 is 0 Å². The maximum absolute atomic E-state index is 12.0. The van der Waals surface area contributed by atoms with Crippen LogP contribution in [0.25, 0.3) is 0 Å². The quantitative estimate of drug-likeness (QED) is 0.655. The molecule has 1 amide bonds. The molecular weight excluding hydrogens is 344 g/mol. The van der Waals surface area contributed by atoms with Crippen LogP contribution in [0.4, 0.5) is 5.69 Å². The van der Waals surface area contributed by atoms with E-state index in [0.717, 1.165) is 24.5 Å². The van der Waals surface area contributed by atoms with Crippen LogP contribution in [0.5, 0.6) is 17.2 Å². The Hall–Kier alpha value is -2.73. The fourth-order valence-electron chi connectivity index (χ4n) is 2.18. The molecule has 146 valence electrons. The molecule has 0 aliphatic rings. The van der Waals surface area contributed by atoms with E-state index < -0.39 is 0 Å². The SMILES string of the molecule is CCCOc1ccc(OCC(=O)Nc2ccc(OCCN(C)C)cc2)cc1. The van der Waals surface area contributed by atoms with Crippen molar-refractivity contribution in [3.63, 3.8) is 0 Å². The predicted octanol–water partition coefficient (Wildman–Crippen LogP) is 3.43. The van der Waals surface area contributed by atoms with E-state index in [1.165, 1.54) is 0 Å². The Morgan fingerprint density at radius 3 is 1.93 bits per heavy atom. The van der Waals surface area contributed by atoms with Crippen LogP contribution in [0.3, 0.4) is 0 Å². The molecule has 0 aliphatic carbocycles. The molecule has 0 bridgehead atoms. The standard InChI is InChI=1S/C21H28N2O4/c1-4-14-25-19-9-11-20(12-10-19)27-16-21(24)22-17-5-7-18(8-6-17)26-15-13-23(2)3/h5-12H,4,13-16H2,1-3H3,(H,22,24). The number of rotatable bonds is 11. The first-order chi connectivity index (χ1) is 13.1. The summed E-state index contributed by atoms with van der Waals surface area (Å²) in [4.78, 5) is 14.1. The van der Waals surface area contributed by atoms with Crippen molar-refractivity contribution >= 4 is 11.6 Å². The van der Waals surface area contributed by atoms with Crippen LogP contribution in [0.2, 0.25) is 0 Å². The smallest absolute Gasteiger partial charge is 0.262 e. The van der Waals surface area contributed by atoms with Crippen molar-refractivity contribution in [1.29, 1.82) is 0 Å². The van der Waals surface area contributed by atoms with Gasteiger partial charge in [0.1, 0.15) is 23.9 Å². The molecule has 0 saturated carbocycles. The number of nitrogens with zero attached hydrogens (tertiary/aromatic N) is 1. The number of ether oxygens (including phenoxy) is 3. The van der Waals surface area contributed by atoms with Crippen molar-refractivity contribution in [2.45, 2.75) is 13.3 Å². The molecule has 1 N–H and O–H groups in total. The molecule has 27 heavy (non-hydrogen) atoms. The Balaban J connectivity index is 1.73. The highest BCUT2D eigenvalue weighted by molar-refractivity contribution is 5.91. The van der Waals surface area contributed by atoms with Crippen molar-refractivity contribution in [3.8, 4) is 17.2 Å². The van der Waals surface area contributed by atoms with Crippen molar-refractivity contribution in [2.75, 3.05) is 45.8 Å². The summed E-state index contributed by atoms with van der Waals surface area (Å²) in [6, 6.07) is 14.5. The molecule has 0 fully saturated rings. The fourth-order valence-corrected chi connectivity index (χ4v) is 2.18. The molecule has 0 aliphatic heterocycles. The van der Waals surface area contributed by atoms with E-state index in [2.05, 4.69) is 17.1 Å². The summed E-state index contributed by atoms with van der Waals surface area (Å²) in [7, 11) is 4.00. The number of benzene rings is 2. The third kappa shape index (κ3) is 8.00. The van der Waals surface area contributed by atoms with Gasteiger partial charge in [0.15, 0.2) is 6.61 Å². The van der Waals surface area contributed by atoms with E-state index in [1.54, 1.807) is 12.1 Å². The molecule has 2 rings (SSSR count). The van der Waals surface area contributed by atoms with Crippen molar-refractivity contribution in [1.82, 2.24) is 4.90 Å². The Morgan fingerprint density at radius 2 is 1.37 bits per heavy atom. The van der Waals surface area contributed by atoms with Gasteiger partial charge in [0, 0.05) is 12.2 Å². The second-order valence-electron chi connectivity index (χ2n) is 6.33. The molecular formula is C21H28N2O4. The Morgan fingerprint density at radius 1 is 0.852 bits per heavy atom. The van der Waals surface area contributed by atoms with Crippen LogP contribution < -0.4 is 19.5 Å². The molecule has 0 radical (unpaired) electrons. The van der Waals surface area contributed by atoms with Crippen LogP contribution in [-0.2, 0) is 4.79 Å². The van der Waals surface area contributed by atoms with E-state index in [0.29, 0.717) is 24.7 Å². The van der Waals surface area contributed by atoms with Crippen LogP contribution in [0.15, 0.2) is 48.5 Å². The fraction of sp³-hybridized carbons (Fsp3) is 0.381. The van der Waals surface area contributed by atoms with Gasteiger partial charge in [-0.2, -0.15) is 0 Å². The largest absolute Gasteiger partial charge is 0.494 e. The minimum atomic E-state index is -0.220. The summed E-state index contributed by atoms with van der Waals surface area (Å²) in [6.45, 7) is 4.15. The van der Waals surface area contributed by atoms with Crippen LogP contribution in [0.1, 0.15) is 13.3 Å². The number of amides is 1. The molecule has 6 heteroatoms. The van der Waals surface area contributed by atoms with Crippen LogP contribution in [-0.4, -0.2) is 51.3 Å². The van der Waals surface area contributed by atoms with E-state index in [4.69, 9.17) is 14.2 Å². The van der Waals surface area contributed by atoms with Gasteiger partial charge in [0.2, 0.25) is 0 Å². The number of likely N-dealkylation sites (N-methyl/N-ethyl adjacent to an activating group) is 1. The summed E-state index contributed by atoms with van der Waals surface area (Å²) in [6.07, 6.45) is 0.960. The molecule has 2 aromatic rings. The summed E-state index contributed by atoms with van der Waals surface area (Å²) in [5, 5.41) is 2.80. The second kappa shape index (κ2) is 11.1. The van der Waals surface area contributed by atoms with Crippen molar-refractivity contribution in [3.05, 3.63) is 48.5 Å². The van der Waals surface area contributed by atoms with Gasteiger partial charge in [-0.1, -0.05) is 6.92 Å². The Labute approximate surface area is 161 Å². The highest BCUT2D eigenvalue weighted by Crippen LogP contribution is 2.18. The van der Waals surface area contributed by atoms with Gasteiger partial charge in [-0.3, -0.25) is 4.79 Å². The predicted molar refractivity (Wildman–Crippen MR) is 107 cm³/mol. The van der Waals surface area contributed by atoms with Crippen molar-refractivity contribution in [2.24, 2.45) is 0 Å². The number of hydrogen-bond acceptors (Lipinski definition) is 5. The number of carbonyl (C=O) groups excluding carboxylic acids is 1. The minimum Gasteiger partial charge on any atom is -0.494 e. The zero-order chi connectivity index (χ0) is 19.5. The van der Waals surface area contributed by atoms with Gasteiger partial charge in [-0.05, 0) is 69.0 Å². The van der Waals surface area contributed by atoms with E-state index in [9.17, 15) is 4.79 Å². The Bertz CT molecular complexity index is 684. The molecule has 0 spiro atoms. The maximum atomic E-state index is 12.0. The monoisotopic (exact) mass is 372 g/mol. The number of nitrogens with one attached hydrogen (secondary N) is 1. The minimum absolute atomic E-state index is 0.0593. The van der Waals surface area contributed by atoms with Crippen LogP contribution in [0, 0.1) is 0 Å². The highest BCUT2D eigenvalue weighted by atomic mass is 16.5. The normalized spacial score (nSPS) is 10.5. The molecule has 0 aromatic heterocycles. The zero-order valence-corrected chi connectivity index (χ0v) is 16.2. The lowest BCUT2D eigenvalue weighted by atomic mass is 10.3. The third-order valence-corrected chi connectivity index (χ3v) is 3.61. The number of hydrogen-bond donors (Lipinski definition) is 1. The summed E-state index contributed by atoms with van der Waals surface area (Å²) < 4.78 is 16.6. The van der Waals surface area contributed by atoms with Gasteiger partial charge in [-0.15, -0.1) is 0 Å². The summed E-state index contributed by atoms with van der Waals surface area (Å²) in [5.74, 6) is 1.97. The lowest BCUT2D eigenvalue weighted by Gasteiger charge is -2.12. The van der Waals surface area contributed by atoms with Gasteiger partial charge < -0.3 is 24.4 Å². The summed E-state index contributed by atoms with van der Waals surface area (Å²) >= 11 is 0. The Kier molecular flexibility index (Phi) is 8.45. The molecule has 2 aromatic carbocycles. The van der Waals surface area contributed by atoms with Gasteiger partial charge in [-0.25, -0.2) is 0 Å². The van der Waals surface area contributed by atoms with E-state index in [-0.39, 0.29) is 12.5 Å². The van der Waals surface area contributed by atoms with Crippen molar-refractivity contribution < 1.29 is 19.0 Å². The second-order valence-corrected chi connectivity index (χ2v) is 6.33. The average molecular weight is 372 g/mol.